The molecule has 0 unspecified atom stereocenters. The van der Waals surface area contributed by atoms with Crippen LogP contribution in [0.4, 0.5) is 4.79 Å². The van der Waals surface area contributed by atoms with Crippen molar-refractivity contribution in [2.75, 3.05) is 26.4 Å². The van der Waals surface area contributed by atoms with Crippen LogP contribution in [0.5, 0.6) is 11.5 Å². The van der Waals surface area contributed by atoms with Crippen LogP contribution in [-0.2, 0) is 10.3 Å². The van der Waals surface area contributed by atoms with Gasteiger partial charge >= 0.3 is 6.03 Å². The Balaban J connectivity index is 1.24. The molecule has 35 heavy (non-hydrogen) atoms. The Morgan fingerprint density at radius 2 is 1.74 bits per heavy atom. The summed E-state index contributed by atoms with van der Waals surface area (Å²) in [5.41, 5.74) is 0.819. The van der Waals surface area contributed by atoms with Crippen LogP contribution in [0.2, 0.25) is 0 Å². The van der Waals surface area contributed by atoms with E-state index in [9.17, 15) is 9.59 Å². The number of ether oxygens (including phenoxy) is 2. The monoisotopic (exact) mass is 471 g/mol. The second-order valence-corrected chi connectivity index (χ2v) is 9.72. The Bertz CT molecular complexity index is 1310. The number of carbonyl (C=O) groups excluding carboxylic acids is 2. The largest absolute Gasteiger partial charge is 0.490 e. The van der Waals surface area contributed by atoms with Gasteiger partial charge in [0, 0.05) is 19.0 Å². The highest BCUT2D eigenvalue weighted by molar-refractivity contribution is 6.07. The number of likely N-dealkylation sites (tertiary alicyclic amines) is 1. The third kappa shape index (κ3) is 3.80. The first kappa shape index (κ1) is 21.9. The van der Waals surface area contributed by atoms with Crippen molar-refractivity contribution in [3.63, 3.8) is 0 Å². The molecule has 2 saturated heterocycles. The third-order valence-corrected chi connectivity index (χ3v) is 7.44. The van der Waals surface area contributed by atoms with Gasteiger partial charge in [-0.05, 0) is 59.9 Å². The molecule has 0 aromatic heterocycles. The maximum Gasteiger partial charge on any atom is 0.326 e. The second-order valence-electron chi connectivity index (χ2n) is 9.72. The molecule has 0 aliphatic carbocycles. The van der Waals surface area contributed by atoms with E-state index in [1.165, 1.54) is 4.90 Å². The maximum atomic E-state index is 13.6. The van der Waals surface area contributed by atoms with E-state index < -0.39 is 5.54 Å². The number of imide groups is 1. The van der Waals surface area contributed by atoms with Gasteiger partial charge in [-0.25, -0.2) is 9.69 Å². The quantitative estimate of drug-likeness (QED) is 0.565. The van der Waals surface area contributed by atoms with Gasteiger partial charge in [0.05, 0.1) is 19.9 Å². The SMILES string of the molecule is C[C@@]1(c2ccc3ccccc3c2)NC(=O)N(CN2CCC[C@@H]2c2ccc3c(c2)OCCCO3)C1=O. The van der Waals surface area contributed by atoms with Gasteiger partial charge in [-0.2, -0.15) is 0 Å². The molecule has 0 spiro atoms. The number of benzene rings is 3. The normalized spacial score (nSPS) is 24.6. The second kappa shape index (κ2) is 8.57. The van der Waals surface area contributed by atoms with Crippen molar-refractivity contribution in [3.05, 3.63) is 71.8 Å². The van der Waals surface area contributed by atoms with E-state index in [0.717, 1.165) is 59.2 Å². The fourth-order valence-electron chi connectivity index (χ4n) is 5.46. The number of nitrogens with one attached hydrogen (secondary N) is 1. The molecule has 0 bridgehead atoms. The average molecular weight is 472 g/mol. The molecule has 0 radical (unpaired) electrons. The van der Waals surface area contributed by atoms with Gasteiger partial charge in [-0.1, -0.05) is 42.5 Å². The Hall–Kier alpha value is -3.58. The first-order valence-electron chi connectivity index (χ1n) is 12.3. The van der Waals surface area contributed by atoms with Crippen LogP contribution in [0.1, 0.15) is 43.4 Å². The maximum absolute atomic E-state index is 13.6. The molecule has 0 saturated carbocycles. The van der Waals surface area contributed by atoms with Gasteiger partial charge in [-0.3, -0.25) is 9.69 Å². The van der Waals surface area contributed by atoms with E-state index >= 15 is 0 Å². The number of hydrogen-bond donors (Lipinski definition) is 1. The number of hydrogen-bond acceptors (Lipinski definition) is 5. The molecule has 3 aliphatic rings. The number of nitrogens with zero attached hydrogens (tertiary/aromatic N) is 2. The van der Waals surface area contributed by atoms with E-state index in [2.05, 4.69) is 22.3 Å². The van der Waals surface area contributed by atoms with Gasteiger partial charge in [0.25, 0.3) is 5.91 Å². The summed E-state index contributed by atoms with van der Waals surface area (Å²) in [6, 6.07) is 19.8. The molecule has 3 aliphatic heterocycles. The van der Waals surface area contributed by atoms with Crippen molar-refractivity contribution < 1.29 is 19.1 Å². The number of fused-ring (bicyclic) bond motifs is 2. The molecule has 2 atom stereocenters. The van der Waals surface area contributed by atoms with E-state index in [4.69, 9.17) is 9.47 Å². The van der Waals surface area contributed by atoms with Crippen molar-refractivity contribution in [2.24, 2.45) is 0 Å². The van der Waals surface area contributed by atoms with Crippen LogP contribution in [0, 0.1) is 0 Å². The van der Waals surface area contributed by atoms with E-state index in [-0.39, 0.29) is 24.6 Å². The predicted octanol–water partition coefficient (Wildman–Crippen LogP) is 4.56. The molecule has 3 aromatic rings. The van der Waals surface area contributed by atoms with Crippen molar-refractivity contribution in [3.8, 4) is 11.5 Å². The molecule has 3 aromatic carbocycles. The number of urea groups is 1. The standard InChI is InChI=1S/C28H29N3O4/c1-28(22-11-9-19-6-2-3-7-20(19)16-22)26(32)31(27(33)29-28)18-30-13-4-8-23(30)21-10-12-24-25(17-21)35-15-5-14-34-24/h2-3,6-7,9-12,16-17,23H,4-5,8,13-15,18H2,1H3,(H,29,33)/t23-,28+/m1/s1. The Kier molecular flexibility index (Phi) is 5.37. The summed E-state index contributed by atoms with van der Waals surface area (Å²) in [6.45, 7) is 4.17. The molecular formula is C28H29N3O4. The summed E-state index contributed by atoms with van der Waals surface area (Å²) < 4.78 is 11.7. The fourth-order valence-corrected chi connectivity index (χ4v) is 5.46. The lowest BCUT2D eigenvalue weighted by atomic mass is 9.90. The summed E-state index contributed by atoms with van der Waals surface area (Å²) in [5.74, 6) is 1.32. The van der Waals surface area contributed by atoms with Crippen LogP contribution in [0.3, 0.4) is 0 Å². The summed E-state index contributed by atoms with van der Waals surface area (Å²) in [5, 5.41) is 5.10. The lowest BCUT2D eigenvalue weighted by Crippen LogP contribution is -2.43. The van der Waals surface area contributed by atoms with Crippen molar-refractivity contribution in [2.45, 2.75) is 37.8 Å². The fraction of sp³-hybridized carbons (Fsp3) is 0.357. The molecular weight excluding hydrogens is 442 g/mol. The van der Waals surface area contributed by atoms with E-state index in [0.29, 0.717) is 13.2 Å². The zero-order chi connectivity index (χ0) is 24.0. The summed E-state index contributed by atoms with van der Waals surface area (Å²) in [4.78, 5) is 30.2. The summed E-state index contributed by atoms with van der Waals surface area (Å²) in [6.07, 6.45) is 2.83. The molecule has 180 valence electrons. The molecule has 7 nitrogen and oxygen atoms in total. The molecule has 1 N–H and O–H groups in total. The molecule has 3 amide bonds. The van der Waals surface area contributed by atoms with Crippen LogP contribution in [-0.4, -0.2) is 48.2 Å². The van der Waals surface area contributed by atoms with Gasteiger partial charge in [0.15, 0.2) is 11.5 Å². The minimum absolute atomic E-state index is 0.111. The Morgan fingerprint density at radius 3 is 2.60 bits per heavy atom. The minimum Gasteiger partial charge on any atom is -0.490 e. The Morgan fingerprint density at radius 1 is 0.943 bits per heavy atom. The van der Waals surface area contributed by atoms with Crippen molar-refractivity contribution >= 4 is 22.7 Å². The third-order valence-electron chi connectivity index (χ3n) is 7.44. The molecule has 3 heterocycles. The van der Waals surface area contributed by atoms with Crippen LogP contribution in [0.15, 0.2) is 60.7 Å². The molecule has 2 fully saturated rings. The van der Waals surface area contributed by atoms with E-state index in [1.54, 1.807) is 6.92 Å². The summed E-state index contributed by atoms with van der Waals surface area (Å²) in [7, 11) is 0. The lowest BCUT2D eigenvalue weighted by Gasteiger charge is -2.29. The number of carbonyl (C=O) groups is 2. The van der Waals surface area contributed by atoms with Crippen LogP contribution < -0.4 is 14.8 Å². The van der Waals surface area contributed by atoms with Gasteiger partial charge in [-0.15, -0.1) is 0 Å². The van der Waals surface area contributed by atoms with Crippen molar-refractivity contribution in [1.29, 1.82) is 0 Å². The highest BCUT2D eigenvalue weighted by Crippen LogP contribution is 2.39. The minimum atomic E-state index is -1.09. The zero-order valence-electron chi connectivity index (χ0n) is 19.8. The first-order valence-corrected chi connectivity index (χ1v) is 12.3. The van der Waals surface area contributed by atoms with Gasteiger partial charge in [0.2, 0.25) is 0 Å². The lowest BCUT2D eigenvalue weighted by molar-refractivity contribution is -0.132. The summed E-state index contributed by atoms with van der Waals surface area (Å²) >= 11 is 0. The predicted molar refractivity (Wildman–Crippen MR) is 132 cm³/mol. The van der Waals surface area contributed by atoms with Crippen molar-refractivity contribution in [1.82, 2.24) is 15.1 Å². The highest BCUT2D eigenvalue weighted by Gasteiger charge is 2.50. The van der Waals surface area contributed by atoms with Crippen LogP contribution in [0.25, 0.3) is 10.8 Å². The average Bonchev–Trinajstić information content (AvgIpc) is 3.32. The topological polar surface area (TPSA) is 71.1 Å². The molecule has 7 heteroatoms. The zero-order valence-corrected chi connectivity index (χ0v) is 19.8. The van der Waals surface area contributed by atoms with Gasteiger partial charge < -0.3 is 14.8 Å². The smallest absolute Gasteiger partial charge is 0.326 e. The van der Waals surface area contributed by atoms with Crippen LogP contribution >= 0.6 is 0 Å². The number of rotatable bonds is 4. The first-order chi connectivity index (χ1) is 17.0. The molecule has 6 rings (SSSR count). The number of amides is 3. The van der Waals surface area contributed by atoms with E-state index in [1.807, 2.05) is 48.5 Å². The highest BCUT2D eigenvalue weighted by atomic mass is 16.5. The Labute approximate surface area is 204 Å². The van der Waals surface area contributed by atoms with Gasteiger partial charge in [0.1, 0.15) is 5.54 Å².